The fourth-order valence-corrected chi connectivity index (χ4v) is 3.49. The summed E-state index contributed by atoms with van der Waals surface area (Å²) in [6.07, 6.45) is 1.66. The lowest BCUT2D eigenvalue weighted by Crippen LogP contribution is -2.45. The van der Waals surface area contributed by atoms with Gasteiger partial charge in [0.2, 0.25) is 0 Å². The zero-order valence-electron chi connectivity index (χ0n) is 14.4. The molecule has 24 heavy (non-hydrogen) atoms. The Balaban J connectivity index is 1.59. The van der Waals surface area contributed by atoms with Gasteiger partial charge in [-0.3, -0.25) is 0 Å². The van der Waals surface area contributed by atoms with Gasteiger partial charge in [-0.1, -0.05) is 0 Å². The Morgan fingerprint density at radius 1 is 1.17 bits per heavy atom. The highest BCUT2D eigenvalue weighted by Crippen LogP contribution is 2.22. The van der Waals surface area contributed by atoms with Crippen LogP contribution in [0.15, 0.2) is 24.3 Å². The minimum absolute atomic E-state index is 0.143. The van der Waals surface area contributed by atoms with Crippen LogP contribution in [0, 0.1) is 0 Å². The summed E-state index contributed by atoms with van der Waals surface area (Å²) in [6, 6.07) is 7.78. The van der Waals surface area contributed by atoms with Crippen molar-refractivity contribution >= 4 is 17.4 Å². The Hall–Kier alpha value is -1.79. The number of anilines is 2. The molecule has 2 heterocycles. The van der Waals surface area contributed by atoms with Gasteiger partial charge in [-0.2, -0.15) is 0 Å². The summed E-state index contributed by atoms with van der Waals surface area (Å²) in [5, 5.41) is 12.6. The molecule has 0 saturated carbocycles. The molecule has 132 valence electrons. The van der Waals surface area contributed by atoms with E-state index in [1.807, 2.05) is 24.3 Å². The number of ether oxygens (including phenoxy) is 1. The molecule has 0 aliphatic carbocycles. The topological polar surface area (TPSA) is 65.0 Å². The number of urea groups is 1. The Morgan fingerprint density at radius 2 is 1.83 bits per heavy atom. The Bertz CT molecular complexity index is 553. The molecular weight excluding hydrogens is 306 g/mol. The van der Waals surface area contributed by atoms with Crippen molar-refractivity contribution in [2.24, 2.45) is 0 Å². The highest BCUT2D eigenvalue weighted by Gasteiger charge is 2.23. The number of carbonyl (C=O) groups excluding carboxylic acids is 1. The Kier molecular flexibility index (Phi) is 5.26. The number of hydrogen-bond donors (Lipinski definition) is 2. The van der Waals surface area contributed by atoms with E-state index in [1.165, 1.54) is 0 Å². The lowest BCUT2D eigenvalue weighted by molar-refractivity contribution is -0.00521. The first-order valence-electron chi connectivity index (χ1n) is 8.75. The van der Waals surface area contributed by atoms with Crippen molar-refractivity contribution in [3.8, 4) is 0 Å². The van der Waals surface area contributed by atoms with Crippen molar-refractivity contribution in [1.29, 1.82) is 0 Å². The summed E-state index contributed by atoms with van der Waals surface area (Å²) >= 11 is 0. The zero-order chi connectivity index (χ0) is 17.1. The van der Waals surface area contributed by atoms with Crippen molar-refractivity contribution in [3.63, 3.8) is 0 Å². The first kappa shape index (κ1) is 17.0. The van der Waals surface area contributed by atoms with Crippen LogP contribution in [-0.4, -0.2) is 60.5 Å². The smallest absolute Gasteiger partial charge is 0.321 e. The normalized spacial score (nSPS) is 27.9. The van der Waals surface area contributed by atoms with E-state index in [2.05, 4.69) is 24.1 Å². The molecule has 2 saturated heterocycles. The average molecular weight is 333 g/mol. The van der Waals surface area contributed by atoms with Crippen LogP contribution < -0.4 is 10.2 Å². The monoisotopic (exact) mass is 333 g/mol. The summed E-state index contributed by atoms with van der Waals surface area (Å²) in [5.74, 6) is 0. The molecule has 2 N–H and O–H groups in total. The number of carbonyl (C=O) groups is 1. The van der Waals surface area contributed by atoms with E-state index in [-0.39, 0.29) is 18.2 Å². The second-order valence-corrected chi connectivity index (χ2v) is 6.88. The molecule has 0 aromatic heterocycles. The number of aliphatic hydroxyl groups excluding tert-OH is 1. The van der Waals surface area contributed by atoms with Gasteiger partial charge in [-0.25, -0.2) is 4.79 Å². The fourth-order valence-electron chi connectivity index (χ4n) is 3.49. The molecule has 3 rings (SSSR count). The molecule has 3 unspecified atom stereocenters. The molecule has 2 aliphatic rings. The van der Waals surface area contributed by atoms with Crippen LogP contribution in [-0.2, 0) is 4.74 Å². The first-order chi connectivity index (χ1) is 11.5. The zero-order valence-corrected chi connectivity index (χ0v) is 14.4. The van der Waals surface area contributed by atoms with Crippen LogP contribution in [0.4, 0.5) is 16.2 Å². The molecule has 0 bridgehead atoms. The highest BCUT2D eigenvalue weighted by molar-refractivity contribution is 5.89. The summed E-state index contributed by atoms with van der Waals surface area (Å²) < 4.78 is 5.77. The number of amides is 2. The van der Waals surface area contributed by atoms with Crippen molar-refractivity contribution in [2.75, 3.05) is 36.4 Å². The van der Waals surface area contributed by atoms with Crippen LogP contribution in [0.25, 0.3) is 0 Å². The number of aliphatic hydroxyl groups is 1. The van der Waals surface area contributed by atoms with Gasteiger partial charge in [0.05, 0.1) is 18.3 Å². The quantitative estimate of drug-likeness (QED) is 0.871. The van der Waals surface area contributed by atoms with Crippen LogP contribution in [0.5, 0.6) is 0 Å². The van der Waals surface area contributed by atoms with Crippen molar-refractivity contribution < 1.29 is 14.6 Å². The SMILES string of the molecule is CC1CN(c2ccc(NC(=O)N3CCCC(O)C3)cc2)CC(C)O1. The molecule has 6 heteroatoms. The number of piperidine rings is 1. The van der Waals surface area contributed by atoms with Crippen LogP contribution in [0.2, 0.25) is 0 Å². The van der Waals surface area contributed by atoms with E-state index in [0.29, 0.717) is 13.1 Å². The van der Waals surface area contributed by atoms with Gasteiger partial charge in [-0.05, 0) is 51.0 Å². The van der Waals surface area contributed by atoms with E-state index >= 15 is 0 Å². The Morgan fingerprint density at radius 3 is 2.46 bits per heavy atom. The molecule has 1 aromatic rings. The third-order valence-corrected chi connectivity index (χ3v) is 4.59. The van der Waals surface area contributed by atoms with E-state index in [0.717, 1.165) is 37.3 Å². The summed E-state index contributed by atoms with van der Waals surface area (Å²) in [4.78, 5) is 16.2. The number of nitrogens with one attached hydrogen (secondary N) is 1. The maximum atomic E-state index is 12.3. The number of nitrogens with zero attached hydrogens (tertiary/aromatic N) is 2. The standard InChI is InChI=1S/C18H27N3O3/c1-13-10-21(11-14(2)24-13)16-7-5-15(6-8-16)19-18(23)20-9-3-4-17(22)12-20/h5-8,13-14,17,22H,3-4,9-12H2,1-2H3,(H,19,23). The molecule has 2 aliphatic heterocycles. The second kappa shape index (κ2) is 7.40. The van der Waals surface area contributed by atoms with Gasteiger partial charge in [0, 0.05) is 37.6 Å². The Labute approximate surface area is 143 Å². The summed E-state index contributed by atoms with van der Waals surface area (Å²) in [6.45, 7) is 7.04. The molecule has 1 aromatic carbocycles. The average Bonchev–Trinajstić information content (AvgIpc) is 2.54. The number of likely N-dealkylation sites (tertiary alicyclic amines) is 1. The number of β-amino-alcohol motifs (C(OH)–C–C–N with tert-alkyl or cyclic N) is 1. The van der Waals surface area contributed by atoms with Crippen molar-refractivity contribution in [2.45, 2.75) is 45.0 Å². The molecule has 0 spiro atoms. The molecular formula is C18H27N3O3. The van der Waals surface area contributed by atoms with E-state index in [9.17, 15) is 9.90 Å². The first-order valence-corrected chi connectivity index (χ1v) is 8.75. The lowest BCUT2D eigenvalue weighted by Gasteiger charge is -2.37. The molecule has 0 radical (unpaired) electrons. The van der Waals surface area contributed by atoms with E-state index in [4.69, 9.17) is 4.74 Å². The van der Waals surface area contributed by atoms with Crippen molar-refractivity contribution in [3.05, 3.63) is 24.3 Å². The van der Waals surface area contributed by atoms with Gasteiger partial charge in [-0.15, -0.1) is 0 Å². The molecule has 3 atom stereocenters. The number of hydrogen-bond acceptors (Lipinski definition) is 4. The van der Waals surface area contributed by atoms with Gasteiger partial charge >= 0.3 is 6.03 Å². The number of rotatable bonds is 2. The van der Waals surface area contributed by atoms with Crippen LogP contribution in [0.3, 0.4) is 0 Å². The molecule has 2 amide bonds. The van der Waals surface area contributed by atoms with E-state index < -0.39 is 6.10 Å². The number of morpholine rings is 1. The van der Waals surface area contributed by atoms with Gasteiger partial charge in [0.15, 0.2) is 0 Å². The van der Waals surface area contributed by atoms with Crippen LogP contribution in [0.1, 0.15) is 26.7 Å². The molecule has 2 fully saturated rings. The lowest BCUT2D eigenvalue weighted by atomic mass is 10.1. The summed E-state index contributed by atoms with van der Waals surface area (Å²) in [7, 11) is 0. The predicted molar refractivity (Wildman–Crippen MR) is 94.5 cm³/mol. The van der Waals surface area contributed by atoms with Gasteiger partial charge in [0.25, 0.3) is 0 Å². The van der Waals surface area contributed by atoms with Gasteiger partial charge in [0.1, 0.15) is 0 Å². The third kappa shape index (κ3) is 4.19. The van der Waals surface area contributed by atoms with Crippen LogP contribution >= 0.6 is 0 Å². The third-order valence-electron chi connectivity index (χ3n) is 4.59. The second-order valence-electron chi connectivity index (χ2n) is 6.88. The van der Waals surface area contributed by atoms with Gasteiger partial charge < -0.3 is 25.0 Å². The minimum atomic E-state index is -0.405. The maximum Gasteiger partial charge on any atom is 0.321 e. The fraction of sp³-hybridized carbons (Fsp3) is 0.611. The number of benzene rings is 1. The maximum absolute atomic E-state index is 12.3. The summed E-state index contributed by atoms with van der Waals surface area (Å²) in [5.41, 5.74) is 1.92. The minimum Gasteiger partial charge on any atom is -0.391 e. The predicted octanol–water partition coefficient (Wildman–Crippen LogP) is 2.29. The molecule has 6 nitrogen and oxygen atoms in total. The highest BCUT2D eigenvalue weighted by atomic mass is 16.5. The van der Waals surface area contributed by atoms with Crippen molar-refractivity contribution in [1.82, 2.24) is 4.90 Å². The van der Waals surface area contributed by atoms with E-state index in [1.54, 1.807) is 4.90 Å². The largest absolute Gasteiger partial charge is 0.391 e.